The summed E-state index contributed by atoms with van der Waals surface area (Å²) in [5.74, 6) is 0. The van der Waals surface area contributed by atoms with Crippen LogP contribution in [0.1, 0.15) is 31.9 Å². The van der Waals surface area contributed by atoms with Gasteiger partial charge in [0.25, 0.3) is 0 Å². The van der Waals surface area contributed by atoms with Crippen molar-refractivity contribution in [2.75, 3.05) is 13.1 Å². The summed E-state index contributed by atoms with van der Waals surface area (Å²) in [7, 11) is 0. The highest BCUT2D eigenvalue weighted by Crippen LogP contribution is 2.21. The van der Waals surface area contributed by atoms with Gasteiger partial charge in [-0.05, 0) is 31.9 Å². The summed E-state index contributed by atoms with van der Waals surface area (Å²) in [6.45, 7) is 11.1. The second-order valence-electron chi connectivity index (χ2n) is 5.66. The number of rotatable bonds is 3. The molecule has 2 rings (SSSR count). The number of hydrogen-bond acceptors (Lipinski definition) is 2. The second-order valence-corrected chi connectivity index (χ2v) is 5.66. The number of benzene rings is 1. The molecular formula is C14H22N2. The highest BCUT2D eigenvalue weighted by Gasteiger charge is 2.18. The molecule has 0 aromatic heterocycles. The first-order chi connectivity index (χ1) is 7.54. The first-order valence-corrected chi connectivity index (χ1v) is 6.09. The normalized spacial score (nSPS) is 16.4. The molecule has 88 valence electrons. The van der Waals surface area contributed by atoms with E-state index in [1.807, 2.05) is 0 Å². The summed E-state index contributed by atoms with van der Waals surface area (Å²) < 4.78 is 0. The molecule has 0 saturated carbocycles. The molecule has 0 atom stereocenters. The molecule has 2 heteroatoms. The Kier molecular flexibility index (Phi) is 3.31. The predicted molar refractivity (Wildman–Crippen MR) is 68.3 cm³/mol. The van der Waals surface area contributed by atoms with Crippen LogP contribution in [0.15, 0.2) is 24.3 Å². The van der Waals surface area contributed by atoms with E-state index >= 15 is 0 Å². The van der Waals surface area contributed by atoms with Crippen LogP contribution >= 0.6 is 0 Å². The summed E-state index contributed by atoms with van der Waals surface area (Å²) in [6, 6.07) is 8.75. The molecule has 0 bridgehead atoms. The topological polar surface area (TPSA) is 15.3 Å². The maximum atomic E-state index is 3.53. The first kappa shape index (κ1) is 11.6. The summed E-state index contributed by atoms with van der Waals surface area (Å²) in [5, 5.41) is 3.53. The van der Waals surface area contributed by atoms with Crippen molar-refractivity contribution in [1.82, 2.24) is 10.2 Å². The van der Waals surface area contributed by atoms with E-state index in [0.29, 0.717) is 0 Å². The van der Waals surface area contributed by atoms with E-state index in [0.717, 1.165) is 26.2 Å². The third kappa shape index (κ3) is 3.06. The lowest BCUT2D eigenvalue weighted by molar-refractivity contribution is 0.269. The largest absolute Gasteiger partial charge is 0.311 e. The predicted octanol–water partition coefficient (Wildman–Crippen LogP) is 2.39. The zero-order valence-corrected chi connectivity index (χ0v) is 10.6. The van der Waals surface area contributed by atoms with Gasteiger partial charge in [-0.1, -0.05) is 24.3 Å². The van der Waals surface area contributed by atoms with E-state index < -0.39 is 0 Å². The maximum Gasteiger partial charge on any atom is 0.0241 e. The van der Waals surface area contributed by atoms with Crippen molar-refractivity contribution in [2.24, 2.45) is 0 Å². The van der Waals surface area contributed by atoms with Gasteiger partial charge in [0.2, 0.25) is 0 Å². The van der Waals surface area contributed by atoms with Crippen molar-refractivity contribution in [3.05, 3.63) is 35.4 Å². The fourth-order valence-electron chi connectivity index (χ4n) is 2.15. The van der Waals surface area contributed by atoms with Gasteiger partial charge >= 0.3 is 0 Å². The van der Waals surface area contributed by atoms with Crippen LogP contribution < -0.4 is 5.32 Å². The summed E-state index contributed by atoms with van der Waals surface area (Å²) in [4.78, 5) is 2.50. The lowest BCUT2D eigenvalue weighted by Crippen LogP contribution is -2.40. The van der Waals surface area contributed by atoms with Gasteiger partial charge in [0.15, 0.2) is 0 Å². The number of hydrogen-bond donors (Lipinski definition) is 1. The Morgan fingerprint density at radius 2 is 1.69 bits per heavy atom. The van der Waals surface area contributed by atoms with Crippen LogP contribution in [0.4, 0.5) is 0 Å². The van der Waals surface area contributed by atoms with Crippen molar-refractivity contribution >= 4 is 0 Å². The molecule has 1 N–H and O–H groups in total. The quantitative estimate of drug-likeness (QED) is 0.838. The van der Waals surface area contributed by atoms with Crippen molar-refractivity contribution in [3.8, 4) is 0 Å². The molecule has 0 spiro atoms. The van der Waals surface area contributed by atoms with Crippen molar-refractivity contribution < 1.29 is 0 Å². The fourth-order valence-corrected chi connectivity index (χ4v) is 2.15. The zero-order chi connectivity index (χ0) is 11.6. The smallest absolute Gasteiger partial charge is 0.0241 e. The minimum Gasteiger partial charge on any atom is -0.311 e. The molecule has 0 saturated heterocycles. The van der Waals surface area contributed by atoms with Gasteiger partial charge in [0, 0.05) is 31.7 Å². The minimum atomic E-state index is 0.229. The van der Waals surface area contributed by atoms with Gasteiger partial charge in [-0.3, -0.25) is 4.90 Å². The van der Waals surface area contributed by atoms with Crippen LogP contribution in [-0.4, -0.2) is 23.5 Å². The SMILES string of the molecule is CC(C)(C)NCCN1Cc2ccccc2C1. The van der Waals surface area contributed by atoms with Crippen molar-refractivity contribution in [1.29, 1.82) is 0 Å². The van der Waals surface area contributed by atoms with Gasteiger partial charge in [0.05, 0.1) is 0 Å². The van der Waals surface area contributed by atoms with Crippen molar-refractivity contribution in [2.45, 2.75) is 39.4 Å². The lowest BCUT2D eigenvalue weighted by atomic mass is 10.1. The van der Waals surface area contributed by atoms with E-state index in [-0.39, 0.29) is 5.54 Å². The van der Waals surface area contributed by atoms with Gasteiger partial charge in [-0.2, -0.15) is 0 Å². The first-order valence-electron chi connectivity index (χ1n) is 6.09. The standard InChI is InChI=1S/C14H22N2/c1-14(2,3)15-8-9-16-10-12-6-4-5-7-13(12)11-16/h4-7,15H,8-11H2,1-3H3. The molecule has 0 unspecified atom stereocenters. The average molecular weight is 218 g/mol. The highest BCUT2D eigenvalue weighted by molar-refractivity contribution is 5.30. The number of fused-ring (bicyclic) bond motifs is 1. The van der Waals surface area contributed by atoms with E-state index in [1.54, 1.807) is 0 Å². The van der Waals surface area contributed by atoms with Gasteiger partial charge < -0.3 is 5.32 Å². The Bertz CT molecular complexity index is 327. The van der Waals surface area contributed by atoms with Crippen LogP contribution in [0.2, 0.25) is 0 Å². The number of nitrogens with zero attached hydrogens (tertiary/aromatic N) is 1. The summed E-state index contributed by atoms with van der Waals surface area (Å²) >= 11 is 0. The second kappa shape index (κ2) is 4.56. The Morgan fingerprint density at radius 3 is 2.19 bits per heavy atom. The lowest BCUT2D eigenvalue weighted by Gasteiger charge is -2.23. The van der Waals surface area contributed by atoms with Crippen LogP contribution in [0, 0.1) is 0 Å². The Hall–Kier alpha value is -0.860. The molecule has 16 heavy (non-hydrogen) atoms. The van der Waals surface area contributed by atoms with Gasteiger partial charge in [0.1, 0.15) is 0 Å². The van der Waals surface area contributed by atoms with Gasteiger partial charge in [-0.25, -0.2) is 0 Å². The van der Waals surface area contributed by atoms with Crippen LogP contribution in [-0.2, 0) is 13.1 Å². The molecule has 0 amide bonds. The molecule has 0 radical (unpaired) electrons. The zero-order valence-electron chi connectivity index (χ0n) is 10.6. The van der Waals surface area contributed by atoms with Gasteiger partial charge in [-0.15, -0.1) is 0 Å². The minimum absolute atomic E-state index is 0.229. The molecular weight excluding hydrogens is 196 g/mol. The molecule has 1 aromatic carbocycles. The third-order valence-electron chi connectivity index (χ3n) is 2.99. The fraction of sp³-hybridized carbons (Fsp3) is 0.571. The van der Waals surface area contributed by atoms with Crippen molar-refractivity contribution in [3.63, 3.8) is 0 Å². The molecule has 1 aliphatic heterocycles. The number of nitrogens with one attached hydrogen (secondary N) is 1. The molecule has 2 nitrogen and oxygen atoms in total. The molecule has 0 fully saturated rings. The molecule has 1 aliphatic rings. The van der Waals surface area contributed by atoms with Crippen LogP contribution in [0.5, 0.6) is 0 Å². The summed E-state index contributed by atoms with van der Waals surface area (Å²) in [6.07, 6.45) is 0. The molecule has 1 aromatic rings. The molecule has 1 heterocycles. The van der Waals surface area contributed by atoms with E-state index in [2.05, 4.69) is 55.3 Å². The Balaban J connectivity index is 1.79. The van der Waals surface area contributed by atoms with Crippen LogP contribution in [0.25, 0.3) is 0 Å². The maximum absolute atomic E-state index is 3.53. The van der Waals surface area contributed by atoms with Crippen LogP contribution in [0.3, 0.4) is 0 Å². The highest BCUT2D eigenvalue weighted by atomic mass is 15.2. The Labute approximate surface area is 98.7 Å². The monoisotopic (exact) mass is 218 g/mol. The molecule has 0 aliphatic carbocycles. The van der Waals surface area contributed by atoms with E-state index in [1.165, 1.54) is 11.1 Å². The Morgan fingerprint density at radius 1 is 1.12 bits per heavy atom. The van der Waals surface area contributed by atoms with E-state index in [9.17, 15) is 0 Å². The third-order valence-corrected chi connectivity index (χ3v) is 2.99. The summed E-state index contributed by atoms with van der Waals surface area (Å²) in [5.41, 5.74) is 3.23. The average Bonchev–Trinajstić information content (AvgIpc) is 2.57. The van der Waals surface area contributed by atoms with E-state index in [4.69, 9.17) is 0 Å².